The van der Waals surface area contributed by atoms with Crippen LogP contribution in [0.15, 0.2) is 10.9 Å². The Balaban J connectivity index is 1.90. The smallest absolute Gasteiger partial charge is 0.253 e. The van der Waals surface area contributed by atoms with Gasteiger partial charge < -0.3 is 0 Å². The summed E-state index contributed by atoms with van der Waals surface area (Å²) in [5.74, 6) is 0.575. The first-order valence-corrected chi connectivity index (χ1v) is 10.3. The Labute approximate surface area is 143 Å². The zero-order valence-corrected chi connectivity index (χ0v) is 15.3. The summed E-state index contributed by atoms with van der Waals surface area (Å²) >= 11 is 0. The zero-order chi connectivity index (χ0) is 17.3. The van der Waals surface area contributed by atoms with E-state index in [1.165, 1.54) is 4.31 Å². The van der Waals surface area contributed by atoms with Gasteiger partial charge in [0.2, 0.25) is 10.0 Å². The third-order valence-corrected chi connectivity index (χ3v) is 7.18. The number of hydrogen-bond donors (Lipinski definition) is 0. The van der Waals surface area contributed by atoms with Crippen LogP contribution in [0, 0.1) is 0 Å². The van der Waals surface area contributed by atoms with E-state index >= 15 is 0 Å². The fourth-order valence-electron chi connectivity index (χ4n) is 3.16. The van der Waals surface area contributed by atoms with Crippen LogP contribution in [-0.2, 0) is 29.7 Å². The molecule has 2 heterocycles. The fourth-order valence-corrected chi connectivity index (χ4v) is 4.99. The molecule has 7 nitrogen and oxygen atoms in total. The van der Waals surface area contributed by atoms with Crippen molar-refractivity contribution >= 4 is 10.0 Å². The third kappa shape index (κ3) is 3.55. The Hall–Kier alpha value is -1.25. The molecule has 0 atom stereocenters. The molecule has 0 aromatic carbocycles. The maximum Gasteiger partial charge on any atom is 0.253 e. The molecule has 1 aromatic heterocycles. The lowest BCUT2D eigenvalue weighted by atomic mass is 10.3. The largest absolute Gasteiger partial charge is 0.298 e. The van der Waals surface area contributed by atoms with E-state index in [9.17, 15) is 13.2 Å². The molecule has 0 saturated heterocycles. The van der Waals surface area contributed by atoms with E-state index in [2.05, 4.69) is 23.7 Å². The maximum absolute atomic E-state index is 12.6. The first-order chi connectivity index (χ1) is 11.5. The molecule has 0 amide bonds. The van der Waals surface area contributed by atoms with Gasteiger partial charge in [-0.2, -0.15) is 4.31 Å². The molecule has 2 aliphatic rings. The molecule has 1 aliphatic carbocycles. The normalized spacial score (nSPS) is 19.3. The van der Waals surface area contributed by atoms with Crippen LogP contribution >= 0.6 is 0 Å². The van der Waals surface area contributed by atoms with Crippen molar-refractivity contribution in [3.63, 3.8) is 0 Å². The number of sulfonamides is 1. The van der Waals surface area contributed by atoms with E-state index in [1.807, 2.05) is 0 Å². The minimum atomic E-state index is -3.25. The van der Waals surface area contributed by atoms with Crippen LogP contribution in [0.4, 0.5) is 0 Å². The second-order valence-electron chi connectivity index (χ2n) is 6.55. The monoisotopic (exact) mass is 354 g/mol. The Bertz CT molecular complexity index is 751. The molecular formula is C16H26N4O3S. The Morgan fingerprint density at radius 3 is 2.58 bits per heavy atom. The molecule has 0 spiro atoms. The third-order valence-electron chi connectivity index (χ3n) is 4.83. The molecule has 24 heavy (non-hydrogen) atoms. The highest BCUT2D eigenvalue weighted by Crippen LogP contribution is 2.32. The first kappa shape index (κ1) is 17.6. The molecule has 1 fully saturated rings. The lowest BCUT2D eigenvalue weighted by Gasteiger charge is -2.21. The van der Waals surface area contributed by atoms with Crippen molar-refractivity contribution in [2.24, 2.45) is 0 Å². The lowest BCUT2D eigenvalue weighted by molar-refractivity contribution is 0.291. The van der Waals surface area contributed by atoms with Crippen molar-refractivity contribution in [3.05, 3.63) is 27.9 Å². The molecule has 134 valence electrons. The summed E-state index contributed by atoms with van der Waals surface area (Å²) < 4.78 is 28.3. The van der Waals surface area contributed by atoms with E-state index in [0.29, 0.717) is 31.9 Å². The molecule has 0 bridgehead atoms. The summed E-state index contributed by atoms with van der Waals surface area (Å²) in [5.41, 5.74) is 0.647. The van der Waals surface area contributed by atoms with E-state index in [0.717, 1.165) is 31.6 Å². The molecular weight excluding hydrogens is 328 g/mol. The molecule has 1 saturated carbocycles. The number of hydrogen-bond acceptors (Lipinski definition) is 5. The summed E-state index contributed by atoms with van der Waals surface area (Å²) in [6, 6.07) is 1.59. The van der Waals surface area contributed by atoms with Crippen LogP contribution < -0.4 is 5.56 Å². The molecule has 0 radical (unpaired) electrons. The summed E-state index contributed by atoms with van der Waals surface area (Å²) in [7, 11) is -3.25. The van der Waals surface area contributed by atoms with E-state index < -0.39 is 10.0 Å². The van der Waals surface area contributed by atoms with E-state index in [-0.39, 0.29) is 17.4 Å². The predicted molar refractivity (Wildman–Crippen MR) is 92.1 cm³/mol. The van der Waals surface area contributed by atoms with Gasteiger partial charge in [-0.05, 0) is 32.4 Å². The molecule has 1 aromatic rings. The summed E-state index contributed by atoms with van der Waals surface area (Å²) in [6.45, 7) is 7.74. The van der Waals surface area contributed by atoms with Gasteiger partial charge in [-0.3, -0.25) is 14.3 Å². The quantitative estimate of drug-likeness (QED) is 0.755. The summed E-state index contributed by atoms with van der Waals surface area (Å²) in [5, 5.41) is -0.227. The Morgan fingerprint density at radius 2 is 1.96 bits per heavy atom. The minimum Gasteiger partial charge on any atom is -0.298 e. The average molecular weight is 354 g/mol. The first-order valence-electron chi connectivity index (χ1n) is 8.76. The lowest BCUT2D eigenvalue weighted by Crippen LogP contribution is -2.34. The highest BCUT2D eigenvalue weighted by molar-refractivity contribution is 7.90. The highest BCUT2D eigenvalue weighted by atomic mass is 32.2. The van der Waals surface area contributed by atoms with Crippen LogP contribution in [0.1, 0.15) is 44.6 Å². The van der Waals surface area contributed by atoms with Gasteiger partial charge in [0.05, 0.1) is 17.5 Å². The van der Waals surface area contributed by atoms with Gasteiger partial charge in [0.15, 0.2) is 0 Å². The van der Waals surface area contributed by atoms with Gasteiger partial charge in [0.1, 0.15) is 5.82 Å². The van der Waals surface area contributed by atoms with Gasteiger partial charge in [0, 0.05) is 25.7 Å². The molecule has 0 unspecified atom stereocenters. The van der Waals surface area contributed by atoms with Crippen molar-refractivity contribution in [3.8, 4) is 0 Å². The van der Waals surface area contributed by atoms with Crippen molar-refractivity contribution in [2.75, 3.05) is 19.6 Å². The predicted octanol–water partition coefficient (Wildman–Crippen LogP) is 0.783. The van der Waals surface area contributed by atoms with E-state index in [1.54, 1.807) is 10.6 Å². The number of aromatic nitrogens is 2. The van der Waals surface area contributed by atoms with Crippen LogP contribution in [0.3, 0.4) is 0 Å². The molecule has 3 rings (SSSR count). The number of fused-ring (bicyclic) bond motifs is 1. The van der Waals surface area contributed by atoms with Gasteiger partial charge in [0.25, 0.3) is 5.56 Å². The van der Waals surface area contributed by atoms with Crippen LogP contribution in [0.2, 0.25) is 0 Å². The van der Waals surface area contributed by atoms with Crippen molar-refractivity contribution < 1.29 is 8.42 Å². The Morgan fingerprint density at radius 1 is 1.25 bits per heavy atom. The van der Waals surface area contributed by atoms with Crippen molar-refractivity contribution in [2.45, 2.75) is 58.0 Å². The van der Waals surface area contributed by atoms with Crippen LogP contribution in [0.25, 0.3) is 0 Å². The van der Waals surface area contributed by atoms with Gasteiger partial charge in [-0.25, -0.2) is 13.4 Å². The maximum atomic E-state index is 12.6. The topological polar surface area (TPSA) is 75.5 Å². The van der Waals surface area contributed by atoms with Gasteiger partial charge >= 0.3 is 0 Å². The van der Waals surface area contributed by atoms with Crippen molar-refractivity contribution in [1.29, 1.82) is 0 Å². The van der Waals surface area contributed by atoms with Crippen LogP contribution in [0.5, 0.6) is 0 Å². The summed E-state index contributed by atoms with van der Waals surface area (Å²) in [6.07, 6.45) is 2.15. The molecule has 0 N–H and O–H groups in total. The molecule has 8 heteroatoms. The number of nitrogens with zero attached hydrogens (tertiary/aromatic N) is 4. The molecule has 1 aliphatic heterocycles. The number of rotatable bonds is 6. The van der Waals surface area contributed by atoms with Crippen LogP contribution in [-0.4, -0.2) is 52.1 Å². The minimum absolute atomic E-state index is 0.0761. The Kier molecular flexibility index (Phi) is 5.08. The van der Waals surface area contributed by atoms with Crippen molar-refractivity contribution in [1.82, 2.24) is 18.8 Å². The fraction of sp³-hybridized carbons (Fsp3) is 0.750. The standard InChI is InChI=1S/C16H26N4O3S/c1-3-18(4-2)11-13-10-16(21)20-9-5-8-19(12-15(20)17-13)24(22,23)14-6-7-14/h10,14H,3-9,11-12H2,1-2H3. The second kappa shape index (κ2) is 6.93. The zero-order valence-electron chi connectivity index (χ0n) is 14.4. The highest BCUT2D eigenvalue weighted by Gasteiger charge is 2.40. The van der Waals surface area contributed by atoms with Gasteiger partial charge in [-0.15, -0.1) is 0 Å². The van der Waals surface area contributed by atoms with Gasteiger partial charge in [-0.1, -0.05) is 13.8 Å². The average Bonchev–Trinajstić information content (AvgIpc) is 3.38. The SMILES string of the molecule is CCN(CC)Cc1cc(=O)n2c(n1)CN(S(=O)(=O)C1CC1)CCC2. The van der Waals surface area contributed by atoms with E-state index in [4.69, 9.17) is 0 Å². The summed E-state index contributed by atoms with van der Waals surface area (Å²) in [4.78, 5) is 19.3. The second-order valence-corrected chi connectivity index (χ2v) is 8.76.